The number of rotatable bonds is 6. The summed E-state index contributed by atoms with van der Waals surface area (Å²) >= 11 is 0. The number of likely N-dealkylation sites (tertiary alicyclic amines) is 1. The monoisotopic (exact) mass is 424 g/mol. The van der Waals surface area contributed by atoms with Gasteiger partial charge in [0.2, 0.25) is 11.8 Å². The summed E-state index contributed by atoms with van der Waals surface area (Å²) < 4.78 is 12.6. The quantitative estimate of drug-likeness (QED) is 0.647. The molecule has 1 N–H and O–H groups in total. The average Bonchev–Trinajstić information content (AvgIpc) is 3.24. The van der Waals surface area contributed by atoms with Gasteiger partial charge in [-0.3, -0.25) is 19.1 Å². The largest absolute Gasteiger partial charge is 0.496 e. The summed E-state index contributed by atoms with van der Waals surface area (Å²) in [5, 5.41) is 0. The van der Waals surface area contributed by atoms with Gasteiger partial charge in [-0.1, -0.05) is 18.2 Å². The summed E-state index contributed by atoms with van der Waals surface area (Å²) in [4.78, 5) is 44.5. The molecule has 9 heteroatoms. The molecule has 3 aromatic rings. The Morgan fingerprint density at radius 2 is 2.10 bits per heavy atom. The normalized spacial score (nSPS) is 16.3. The molecule has 1 aromatic carbocycles. The Bertz CT molecular complexity index is 1180. The van der Waals surface area contributed by atoms with Crippen molar-refractivity contribution in [3.8, 4) is 5.75 Å². The maximum absolute atomic E-state index is 13.0. The number of amides is 1. The molecule has 1 unspecified atom stereocenters. The number of aromatic amines is 1. The molecule has 31 heavy (non-hydrogen) atoms. The highest BCUT2D eigenvalue weighted by atomic mass is 16.5. The van der Waals surface area contributed by atoms with Crippen molar-refractivity contribution < 1.29 is 13.9 Å². The highest BCUT2D eigenvalue weighted by Gasteiger charge is 2.31. The van der Waals surface area contributed by atoms with Crippen LogP contribution in [0.5, 0.6) is 5.75 Å². The number of hydrogen-bond donors (Lipinski definition) is 1. The first-order chi connectivity index (χ1) is 15.0. The second-order valence-corrected chi connectivity index (χ2v) is 7.49. The van der Waals surface area contributed by atoms with Crippen LogP contribution in [0.3, 0.4) is 0 Å². The smallest absolute Gasteiger partial charge is 0.328 e. The van der Waals surface area contributed by atoms with Crippen molar-refractivity contribution in [2.75, 3.05) is 13.7 Å². The Balaban J connectivity index is 1.51. The molecular weight excluding hydrogens is 400 g/mol. The fourth-order valence-corrected chi connectivity index (χ4v) is 3.89. The van der Waals surface area contributed by atoms with Crippen molar-refractivity contribution in [2.45, 2.75) is 38.3 Å². The molecule has 3 heterocycles. The van der Waals surface area contributed by atoms with Gasteiger partial charge in [-0.2, -0.15) is 0 Å². The molecule has 1 saturated heterocycles. The molecular formula is C22H24N4O5. The molecule has 162 valence electrons. The van der Waals surface area contributed by atoms with Gasteiger partial charge in [-0.15, -0.1) is 0 Å². The number of carbonyl (C=O) groups excluding carboxylic acids is 1. The summed E-state index contributed by atoms with van der Waals surface area (Å²) in [6.45, 7) is 0.409. The number of hydrogen-bond acceptors (Lipinski definition) is 6. The van der Waals surface area contributed by atoms with Crippen molar-refractivity contribution in [1.82, 2.24) is 19.4 Å². The van der Waals surface area contributed by atoms with Crippen LogP contribution in [-0.2, 0) is 17.8 Å². The molecule has 2 aromatic heterocycles. The molecule has 0 radical (unpaired) electrons. The van der Waals surface area contributed by atoms with E-state index in [1.54, 1.807) is 18.2 Å². The Morgan fingerprint density at radius 3 is 2.90 bits per heavy atom. The van der Waals surface area contributed by atoms with Gasteiger partial charge in [-0.05, 0) is 25.3 Å². The third-order valence-electron chi connectivity index (χ3n) is 5.44. The number of benzene rings is 1. The van der Waals surface area contributed by atoms with Crippen molar-refractivity contribution >= 4 is 5.91 Å². The lowest BCUT2D eigenvalue weighted by Crippen LogP contribution is -2.42. The van der Waals surface area contributed by atoms with Crippen LogP contribution in [-0.4, -0.2) is 39.0 Å². The molecule has 1 amide bonds. The van der Waals surface area contributed by atoms with Crippen LogP contribution in [0.25, 0.3) is 0 Å². The number of piperidine rings is 1. The van der Waals surface area contributed by atoms with Gasteiger partial charge < -0.3 is 14.1 Å². The number of H-pyrrole nitrogens is 1. The topological polar surface area (TPSA) is 110 Å². The van der Waals surface area contributed by atoms with E-state index in [0.29, 0.717) is 24.6 Å². The number of oxazole rings is 1. The number of nitrogens with one attached hydrogen (secondary N) is 1. The van der Waals surface area contributed by atoms with E-state index in [0.717, 1.165) is 30.6 Å². The lowest BCUT2D eigenvalue weighted by Gasteiger charge is -2.33. The summed E-state index contributed by atoms with van der Waals surface area (Å²) in [7, 11) is 1.63. The molecule has 1 aliphatic rings. The van der Waals surface area contributed by atoms with Gasteiger partial charge >= 0.3 is 5.69 Å². The van der Waals surface area contributed by atoms with Gasteiger partial charge in [0.05, 0.1) is 13.3 Å². The van der Waals surface area contributed by atoms with Crippen molar-refractivity contribution in [3.05, 3.63) is 80.8 Å². The van der Waals surface area contributed by atoms with E-state index in [-0.39, 0.29) is 18.5 Å². The van der Waals surface area contributed by atoms with Gasteiger partial charge in [-0.25, -0.2) is 9.78 Å². The van der Waals surface area contributed by atoms with Crippen molar-refractivity contribution in [1.29, 1.82) is 0 Å². The van der Waals surface area contributed by atoms with E-state index >= 15 is 0 Å². The molecule has 1 fully saturated rings. The molecule has 9 nitrogen and oxygen atoms in total. The summed E-state index contributed by atoms with van der Waals surface area (Å²) in [6, 6.07) is 8.65. The Morgan fingerprint density at radius 1 is 1.26 bits per heavy atom. The standard InChI is InChI=1S/C22H24N4O5/c1-30-18-8-3-2-6-15(18)12-16-13-23-21(31-16)17-7-4-5-10-26(17)20(28)14-25-11-9-19(27)24-22(25)29/h2-3,6,8-9,11,13,17H,4-5,7,10,12,14H2,1H3,(H,24,27,29). The number of carbonyl (C=O) groups is 1. The van der Waals surface area contributed by atoms with Crippen LogP contribution in [0.1, 0.15) is 42.5 Å². The lowest BCUT2D eigenvalue weighted by atomic mass is 10.0. The first-order valence-corrected chi connectivity index (χ1v) is 10.2. The summed E-state index contributed by atoms with van der Waals surface area (Å²) in [6.07, 6.45) is 6.11. The summed E-state index contributed by atoms with van der Waals surface area (Å²) in [5.74, 6) is 1.74. The number of methoxy groups -OCH3 is 1. The van der Waals surface area contributed by atoms with Crippen molar-refractivity contribution in [2.24, 2.45) is 0 Å². The zero-order valence-electron chi connectivity index (χ0n) is 17.2. The maximum atomic E-state index is 13.0. The number of aromatic nitrogens is 3. The van der Waals surface area contributed by atoms with Crippen LogP contribution in [0.4, 0.5) is 0 Å². The van der Waals surface area contributed by atoms with E-state index in [9.17, 15) is 14.4 Å². The van der Waals surface area contributed by atoms with E-state index in [1.165, 1.54) is 16.8 Å². The molecule has 0 saturated carbocycles. The molecule has 0 aliphatic carbocycles. The molecule has 0 bridgehead atoms. The number of nitrogens with zero attached hydrogens (tertiary/aromatic N) is 3. The first-order valence-electron chi connectivity index (χ1n) is 10.2. The van der Waals surface area contributed by atoms with Crippen LogP contribution in [0, 0.1) is 0 Å². The fourth-order valence-electron chi connectivity index (χ4n) is 3.89. The third-order valence-corrected chi connectivity index (χ3v) is 5.44. The molecule has 4 rings (SSSR count). The second-order valence-electron chi connectivity index (χ2n) is 7.49. The molecule has 1 atom stereocenters. The van der Waals surface area contributed by atoms with Gasteiger partial charge in [0.25, 0.3) is 5.56 Å². The average molecular weight is 424 g/mol. The fraction of sp³-hybridized carbons (Fsp3) is 0.364. The van der Waals surface area contributed by atoms with Gasteiger partial charge in [0.15, 0.2) is 0 Å². The highest BCUT2D eigenvalue weighted by Crippen LogP contribution is 2.31. The lowest BCUT2D eigenvalue weighted by molar-refractivity contribution is -0.136. The number of para-hydroxylation sites is 1. The second kappa shape index (κ2) is 9.03. The van der Waals surface area contributed by atoms with E-state index < -0.39 is 11.2 Å². The SMILES string of the molecule is COc1ccccc1Cc1cnc(C2CCCCN2C(=O)Cn2ccc(=O)[nH]c2=O)o1. The summed E-state index contributed by atoms with van der Waals surface area (Å²) in [5.41, 5.74) is -0.113. The first kappa shape index (κ1) is 20.6. The highest BCUT2D eigenvalue weighted by molar-refractivity contribution is 5.76. The zero-order valence-corrected chi connectivity index (χ0v) is 17.2. The Kier molecular flexibility index (Phi) is 6.01. The van der Waals surface area contributed by atoms with E-state index in [4.69, 9.17) is 9.15 Å². The molecule has 0 spiro atoms. The van der Waals surface area contributed by atoms with Crippen LogP contribution in [0.15, 0.2) is 56.7 Å². The van der Waals surface area contributed by atoms with Crippen LogP contribution < -0.4 is 16.0 Å². The Hall–Kier alpha value is -3.62. The van der Waals surface area contributed by atoms with Crippen LogP contribution in [0.2, 0.25) is 0 Å². The van der Waals surface area contributed by atoms with Gasteiger partial charge in [0, 0.05) is 30.8 Å². The van der Waals surface area contributed by atoms with E-state index in [2.05, 4.69) is 9.97 Å². The zero-order chi connectivity index (χ0) is 21.8. The van der Waals surface area contributed by atoms with E-state index in [1.807, 2.05) is 24.3 Å². The molecule has 1 aliphatic heterocycles. The minimum absolute atomic E-state index is 0.152. The Labute approximate surface area is 178 Å². The minimum atomic E-state index is -0.607. The predicted molar refractivity (Wildman–Crippen MR) is 112 cm³/mol. The predicted octanol–water partition coefficient (Wildman–Crippen LogP) is 1.88. The van der Waals surface area contributed by atoms with Crippen molar-refractivity contribution in [3.63, 3.8) is 0 Å². The van der Waals surface area contributed by atoms with Gasteiger partial charge in [0.1, 0.15) is 24.1 Å². The third kappa shape index (κ3) is 4.60. The number of ether oxygens (including phenoxy) is 1. The van der Waals surface area contributed by atoms with Crippen LogP contribution >= 0.6 is 0 Å². The minimum Gasteiger partial charge on any atom is -0.496 e. The maximum Gasteiger partial charge on any atom is 0.328 e.